The van der Waals surface area contributed by atoms with E-state index in [-0.39, 0.29) is 18.1 Å². The van der Waals surface area contributed by atoms with E-state index >= 15 is 0 Å². The van der Waals surface area contributed by atoms with E-state index in [1.54, 1.807) is 6.07 Å². The van der Waals surface area contributed by atoms with Gasteiger partial charge in [-0.1, -0.05) is 24.3 Å². The summed E-state index contributed by atoms with van der Waals surface area (Å²) >= 11 is 0. The molecule has 1 aliphatic rings. The van der Waals surface area contributed by atoms with E-state index in [9.17, 15) is 9.18 Å². The molecule has 126 valence electrons. The Hall–Kier alpha value is -2.36. The molecule has 0 saturated heterocycles. The highest BCUT2D eigenvalue weighted by Crippen LogP contribution is 2.26. The molecule has 1 amide bonds. The highest BCUT2D eigenvalue weighted by atomic mass is 19.1. The van der Waals surface area contributed by atoms with Gasteiger partial charge in [-0.15, -0.1) is 0 Å². The SMILES string of the molecule is Cc1ccc(F)cc1CC(=O)NCC1CCOc2ccccc2C1. The molecule has 1 N–H and O–H groups in total. The molecule has 0 saturated carbocycles. The third kappa shape index (κ3) is 4.13. The monoisotopic (exact) mass is 327 g/mol. The van der Waals surface area contributed by atoms with Gasteiger partial charge in [-0.2, -0.15) is 0 Å². The quantitative estimate of drug-likeness (QED) is 0.934. The van der Waals surface area contributed by atoms with Crippen molar-refractivity contribution in [1.29, 1.82) is 0 Å². The van der Waals surface area contributed by atoms with Crippen LogP contribution in [0.15, 0.2) is 42.5 Å². The van der Waals surface area contributed by atoms with Gasteiger partial charge in [0.15, 0.2) is 0 Å². The van der Waals surface area contributed by atoms with Gasteiger partial charge in [0.1, 0.15) is 11.6 Å². The fraction of sp³-hybridized carbons (Fsp3) is 0.350. The maximum Gasteiger partial charge on any atom is 0.224 e. The van der Waals surface area contributed by atoms with Crippen molar-refractivity contribution in [3.05, 3.63) is 65.0 Å². The standard InChI is InChI=1S/C20H22FNO2/c1-14-6-7-18(21)11-17(14)12-20(23)22-13-15-8-9-24-19-5-3-2-4-16(19)10-15/h2-7,11,15H,8-10,12-13H2,1H3,(H,22,23). The summed E-state index contributed by atoms with van der Waals surface area (Å²) in [7, 11) is 0. The second-order valence-corrected chi connectivity index (χ2v) is 6.37. The van der Waals surface area contributed by atoms with E-state index in [4.69, 9.17) is 4.74 Å². The Morgan fingerprint density at radius 1 is 1.29 bits per heavy atom. The number of carbonyl (C=O) groups excluding carboxylic acids is 1. The summed E-state index contributed by atoms with van der Waals surface area (Å²) in [6.45, 7) is 3.17. The van der Waals surface area contributed by atoms with E-state index < -0.39 is 0 Å². The van der Waals surface area contributed by atoms with Crippen molar-refractivity contribution in [3.63, 3.8) is 0 Å². The van der Waals surface area contributed by atoms with Crippen LogP contribution in [0.4, 0.5) is 4.39 Å². The molecule has 1 atom stereocenters. The van der Waals surface area contributed by atoms with Crippen LogP contribution in [0.3, 0.4) is 0 Å². The number of amides is 1. The predicted octanol–water partition coefficient (Wildman–Crippen LogP) is 3.43. The third-order valence-corrected chi connectivity index (χ3v) is 4.51. The lowest BCUT2D eigenvalue weighted by molar-refractivity contribution is -0.120. The second kappa shape index (κ2) is 7.47. The molecule has 0 spiro atoms. The van der Waals surface area contributed by atoms with Crippen molar-refractivity contribution in [1.82, 2.24) is 5.32 Å². The van der Waals surface area contributed by atoms with Crippen LogP contribution < -0.4 is 10.1 Å². The van der Waals surface area contributed by atoms with Crippen LogP contribution >= 0.6 is 0 Å². The summed E-state index contributed by atoms with van der Waals surface area (Å²) < 4.78 is 19.1. The molecule has 0 aliphatic carbocycles. The van der Waals surface area contributed by atoms with Gasteiger partial charge in [0.2, 0.25) is 5.91 Å². The molecule has 24 heavy (non-hydrogen) atoms. The van der Waals surface area contributed by atoms with Gasteiger partial charge in [-0.25, -0.2) is 4.39 Å². The second-order valence-electron chi connectivity index (χ2n) is 6.37. The molecule has 3 rings (SSSR count). The Morgan fingerprint density at radius 3 is 3.00 bits per heavy atom. The highest BCUT2D eigenvalue weighted by Gasteiger charge is 2.18. The van der Waals surface area contributed by atoms with Gasteiger partial charge < -0.3 is 10.1 Å². The molecule has 0 radical (unpaired) electrons. The zero-order chi connectivity index (χ0) is 16.9. The fourth-order valence-electron chi connectivity index (χ4n) is 3.06. The summed E-state index contributed by atoms with van der Waals surface area (Å²) in [4.78, 5) is 12.2. The first-order valence-corrected chi connectivity index (χ1v) is 8.34. The average Bonchev–Trinajstić information content (AvgIpc) is 2.78. The Labute approximate surface area is 141 Å². The minimum Gasteiger partial charge on any atom is -0.493 e. The van der Waals surface area contributed by atoms with Gasteiger partial charge in [0, 0.05) is 6.54 Å². The van der Waals surface area contributed by atoms with Crippen LogP contribution in [0.5, 0.6) is 5.75 Å². The lowest BCUT2D eigenvalue weighted by Gasteiger charge is -2.15. The first-order chi connectivity index (χ1) is 11.6. The number of hydrogen-bond donors (Lipinski definition) is 1. The largest absolute Gasteiger partial charge is 0.493 e. The maximum absolute atomic E-state index is 13.3. The lowest BCUT2D eigenvalue weighted by Crippen LogP contribution is -2.31. The summed E-state index contributed by atoms with van der Waals surface area (Å²) in [5.74, 6) is 0.927. The maximum atomic E-state index is 13.3. The summed E-state index contributed by atoms with van der Waals surface area (Å²) in [5.41, 5.74) is 2.86. The van der Waals surface area contributed by atoms with Gasteiger partial charge in [0.05, 0.1) is 13.0 Å². The molecule has 2 aromatic carbocycles. The number of halogens is 1. The summed E-state index contributed by atoms with van der Waals surface area (Å²) in [6, 6.07) is 12.6. The molecule has 0 aromatic heterocycles. The van der Waals surface area contributed by atoms with E-state index in [2.05, 4.69) is 11.4 Å². The van der Waals surface area contributed by atoms with Gasteiger partial charge in [-0.05, 0) is 60.6 Å². The van der Waals surface area contributed by atoms with Crippen molar-refractivity contribution in [2.75, 3.05) is 13.2 Å². The minimum absolute atomic E-state index is 0.0675. The fourth-order valence-corrected chi connectivity index (χ4v) is 3.06. The van der Waals surface area contributed by atoms with Crippen LogP contribution in [-0.4, -0.2) is 19.1 Å². The molecular weight excluding hydrogens is 305 g/mol. The number of aryl methyl sites for hydroxylation is 1. The molecule has 1 unspecified atom stereocenters. The molecule has 3 nitrogen and oxygen atoms in total. The number of hydrogen-bond acceptors (Lipinski definition) is 2. The smallest absolute Gasteiger partial charge is 0.224 e. The van der Waals surface area contributed by atoms with Gasteiger partial charge in [-0.3, -0.25) is 4.79 Å². The van der Waals surface area contributed by atoms with Crippen LogP contribution in [0.1, 0.15) is 23.1 Å². The lowest BCUT2D eigenvalue weighted by atomic mass is 9.96. The topological polar surface area (TPSA) is 38.3 Å². The zero-order valence-corrected chi connectivity index (χ0v) is 13.8. The first-order valence-electron chi connectivity index (χ1n) is 8.34. The minimum atomic E-state index is -0.305. The van der Waals surface area contributed by atoms with Crippen LogP contribution in [0.25, 0.3) is 0 Å². The number of benzene rings is 2. The number of carbonyl (C=O) groups is 1. The van der Waals surface area contributed by atoms with E-state index in [0.717, 1.165) is 29.7 Å². The predicted molar refractivity (Wildman–Crippen MR) is 91.6 cm³/mol. The Balaban J connectivity index is 1.55. The molecule has 4 heteroatoms. The molecule has 2 aromatic rings. The molecule has 1 aliphatic heterocycles. The summed E-state index contributed by atoms with van der Waals surface area (Å²) in [6.07, 6.45) is 2.02. The van der Waals surface area contributed by atoms with E-state index in [0.29, 0.717) is 19.1 Å². The van der Waals surface area contributed by atoms with Crippen molar-refractivity contribution in [3.8, 4) is 5.75 Å². The highest BCUT2D eigenvalue weighted by molar-refractivity contribution is 5.78. The average molecular weight is 327 g/mol. The van der Waals surface area contributed by atoms with E-state index in [1.807, 2.05) is 25.1 Å². The van der Waals surface area contributed by atoms with Crippen LogP contribution in [-0.2, 0) is 17.6 Å². The van der Waals surface area contributed by atoms with Crippen LogP contribution in [0, 0.1) is 18.7 Å². The molecular formula is C20H22FNO2. The zero-order valence-electron chi connectivity index (χ0n) is 13.8. The van der Waals surface area contributed by atoms with E-state index in [1.165, 1.54) is 17.7 Å². The Bertz CT molecular complexity index is 729. The van der Waals surface area contributed by atoms with Crippen molar-refractivity contribution in [2.45, 2.75) is 26.2 Å². The van der Waals surface area contributed by atoms with Gasteiger partial charge >= 0.3 is 0 Å². The molecule has 0 bridgehead atoms. The van der Waals surface area contributed by atoms with Crippen molar-refractivity contribution < 1.29 is 13.9 Å². The van der Waals surface area contributed by atoms with Gasteiger partial charge in [0.25, 0.3) is 0 Å². The number of fused-ring (bicyclic) bond motifs is 1. The number of para-hydroxylation sites is 1. The normalized spacial score (nSPS) is 16.7. The summed E-state index contributed by atoms with van der Waals surface area (Å²) in [5, 5.41) is 2.99. The number of nitrogens with one attached hydrogen (secondary N) is 1. The van der Waals surface area contributed by atoms with Crippen molar-refractivity contribution in [2.24, 2.45) is 5.92 Å². The first kappa shape index (κ1) is 16.5. The van der Waals surface area contributed by atoms with Crippen molar-refractivity contribution >= 4 is 5.91 Å². The van der Waals surface area contributed by atoms with Crippen LogP contribution in [0.2, 0.25) is 0 Å². The third-order valence-electron chi connectivity index (χ3n) is 4.51. The Morgan fingerprint density at radius 2 is 2.12 bits per heavy atom. The molecule has 0 fully saturated rings. The number of ether oxygens (including phenoxy) is 1. The molecule has 1 heterocycles. The Kier molecular flexibility index (Phi) is 5.14. The number of rotatable bonds is 4.